The van der Waals surface area contributed by atoms with E-state index in [9.17, 15) is 13.2 Å². The van der Waals surface area contributed by atoms with Gasteiger partial charge in [-0.3, -0.25) is 0 Å². The van der Waals surface area contributed by atoms with Crippen molar-refractivity contribution in [1.29, 1.82) is 0 Å². The van der Waals surface area contributed by atoms with E-state index in [1.165, 1.54) is 12.1 Å². The zero-order valence-corrected chi connectivity index (χ0v) is 17.3. The number of nitrogens with one attached hydrogen (secondary N) is 1. The number of hydrogen-bond acceptors (Lipinski definition) is 4. The molecule has 0 radical (unpaired) electrons. The van der Waals surface area contributed by atoms with Gasteiger partial charge in [0.05, 0.1) is 17.4 Å². The van der Waals surface area contributed by atoms with E-state index in [1.807, 2.05) is 6.92 Å². The molecule has 3 aromatic rings. The van der Waals surface area contributed by atoms with Gasteiger partial charge in [0.25, 0.3) is 0 Å². The summed E-state index contributed by atoms with van der Waals surface area (Å²) in [5, 5.41) is 7.27. The lowest BCUT2D eigenvalue weighted by atomic mass is 10.1. The van der Waals surface area contributed by atoms with Crippen molar-refractivity contribution in [2.75, 3.05) is 23.3 Å². The third-order valence-electron chi connectivity index (χ3n) is 4.57. The Hall–Kier alpha value is -2.48. The molecular weight excluding hydrogens is 403 g/mol. The first kappa shape index (κ1) is 21.2. The molecule has 1 aromatic carbocycles. The summed E-state index contributed by atoms with van der Waals surface area (Å²) >= 11 is 5.80. The Morgan fingerprint density at radius 1 is 1.14 bits per heavy atom. The lowest BCUT2D eigenvalue weighted by Gasteiger charge is -2.27. The minimum absolute atomic E-state index is 0.0246. The van der Waals surface area contributed by atoms with Crippen molar-refractivity contribution >= 4 is 34.6 Å². The van der Waals surface area contributed by atoms with Crippen LogP contribution in [0.2, 0.25) is 5.02 Å². The lowest BCUT2D eigenvalue weighted by molar-refractivity contribution is -0.136. The Morgan fingerprint density at radius 2 is 1.83 bits per heavy atom. The smallest absolute Gasteiger partial charge is 0.356 e. The number of benzene rings is 1. The fraction of sp³-hybridized carbons (Fsp3) is 0.400. The molecule has 3 rings (SSSR count). The van der Waals surface area contributed by atoms with Gasteiger partial charge < -0.3 is 10.2 Å². The van der Waals surface area contributed by atoms with Crippen LogP contribution in [0.3, 0.4) is 0 Å². The zero-order valence-electron chi connectivity index (χ0n) is 16.5. The van der Waals surface area contributed by atoms with Crippen LogP contribution in [0.15, 0.2) is 30.5 Å². The zero-order chi connectivity index (χ0) is 21.2. The maximum absolute atomic E-state index is 13.5. The van der Waals surface area contributed by atoms with Gasteiger partial charge in [-0.05, 0) is 38.0 Å². The number of halogens is 4. The highest BCUT2D eigenvalue weighted by Crippen LogP contribution is 2.38. The van der Waals surface area contributed by atoms with Crippen molar-refractivity contribution in [1.82, 2.24) is 14.6 Å². The molecule has 2 heterocycles. The molecule has 0 atom stereocenters. The second-order valence-corrected chi connectivity index (χ2v) is 7.25. The number of nitrogens with zero attached hydrogens (tertiary/aromatic N) is 4. The normalized spacial score (nSPS) is 11.8. The highest BCUT2D eigenvalue weighted by molar-refractivity contribution is 6.30. The van der Waals surface area contributed by atoms with E-state index in [-0.39, 0.29) is 10.7 Å². The fourth-order valence-corrected chi connectivity index (χ4v) is 3.52. The molecule has 0 aliphatic rings. The quantitative estimate of drug-likeness (QED) is 0.498. The molecule has 5 nitrogen and oxygen atoms in total. The van der Waals surface area contributed by atoms with E-state index < -0.39 is 11.7 Å². The predicted octanol–water partition coefficient (Wildman–Crippen LogP) is 6.08. The Morgan fingerprint density at radius 3 is 2.45 bits per heavy atom. The maximum atomic E-state index is 13.5. The molecule has 0 spiro atoms. The molecule has 29 heavy (non-hydrogen) atoms. The molecule has 0 saturated carbocycles. The largest absolute Gasteiger partial charge is 0.418 e. The first-order chi connectivity index (χ1) is 13.8. The Bertz CT molecular complexity index is 994. The van der Waals surface area contributed by atoms with Crippen LogP contribution in [0.25, 0.3) is 5.65 Å². The van der Waals surface area contributed by atoms with Crippen LogP contribution in [-0.4, -0.2) is 27.7 Å². The van der Waals surface area contributed by atoms with Crippen LogP contribution in [-0.2, 0) is 6.18 Å². The van der Waals surface area contributed by atoms with Crippen LogP contribution in [0.4, 0.5) is 30.5 Å². The molecule has 0 bridgehead atoms. The Balaban J connectivity index is 2.14. The van der Waals surface area contributed by atoms with Gasteiger partial charge in [0.2, 0.25) is 0 Å². The first-order valence-electron chi connectivity index (χ1n) is 9.49. The third-order valence-corrected chi connectivity index (χ3v) is 4.80. The van der Waals surface area contributed by atoms with Crippen molar-refractivity contribution in [3.8, 4) is 0 Å². The van der Waals surface area contributed by atoms with Gasteiger partial charge in [0, 0.05) is 29.7 Å². The first-order valence-corrected chi connectivity index (χ1v) is 9.87. The summed E-state index contributed by atoms with van der Waals surface area (Å²) in [5.74, 6) is 1.19. The topological polar surface area (TPSA) is 45.5 Å². The van der Waals surface area contributed by atoms with Crippen molar-refractivity contribution in [2.24, 2.45) is 0 Å². The minimum atomic E-state index is -4.54. The van der Waals surface area contributed by atoms with Crippen LogP contribution in [0.5, 0.6) is 0 Å². The molecule has 0 saturated heterocycles. The molecule has 0 aliphatic heterocycles. The second kappa shape index (κ2) is 8.49. The number of anilines is 3. The summed E-state index contributed by atoms with van der Waals surface area (Å²) < 4.78 is 42.2. The van der Waals surface area contributed by atoms with Gasteiger partial charge in [-0.25, -0.2) is 4.98 Å². The molecular formula is C20H23ClF3N5. The van der Waals surface area contributed by atoms with E-state index in [1.54, 1.807) is 16.8 Å². The molecule has 2 aromatic heterocycles. The van der Waals surface area contributed by atoms with E-state index in [0.29, 0.717) is 11.5 Å². The summed E-state index contributed by atoms with van der Waals surface area (Å²) in [6.07, 6.45) is -1.04. The van der Waals surface area contributed by atoms with Crippen molar-refractivity contribution in [3.05, 3.63) is 46.6 Å². The van der Waals surface area contributed by atoms with Gasteiger partial charge in [0.15, 0.2) is 5.65 Å². The second-order valence-electron chi connectivity index (χ2n) is 6.81. The highest BCUT2D eigenvalue weighted by Gasteiger charge is 2.34. The number of alkyl halides is 3. The molecule has 0 fully saturated rings. The van der Waals surface area contributed by atoms with Crippen LogP contribution < -0.4 is 10.2 Å². The van der Waals surface area contributed by atoms with E-state index in [4.69, 9.17) is 11.6 Å². The molecule has 0 unspecified atom stereocenters. The number of hydrogen-bond donors (Lipinski definition) is 1. The molecule has 156 valence electrons. The predicted molar refractivity (Wildman–Crippen MR) is 110 cm³/mol. The number of aromatic nitrogens is 3. The van der Waals surface area contributed by atoms with Crippen LogP contribution >= 0.6 is 11.6 Å². The Kier molecular flexibility index (Phi) is 6.21. The van der Waals surface area contributed by atoms with Gasteiger partial charge >= 0.3 is 6.18 Å². The van der Waals surface area contributed by atoms with Crippen LogP contribution in [0, 0.1) is 6.92 Å². The average Bonchev–Trinajstić information content (AvgIpc) is 3.11. The van der Waals surface area contributed by atoms with E-state index in [2.05, 4.69) is 34.1 Å². The lowest BCUT2D eigenvalue weighted by Crippen LogP contribution is -2.28. The molecule has 0 amide bonds. The van der Waals surface area contributed by atoms with Gasteiger partial charge in [-0.1, -0.05) is 25.4 Å². The van der Waals surface area contributed by atoms with Crippen molar-refractivity contribution < 1.29 is 13.2 Å². The fourth-order valence-electron chi connectivity index (χ4n) is 3.35. The molecule has 1 N–H and O–H groups in total. The standard InChI is InChI=1S/C20H23ClF3N5/c1-4-10-28(11-5-2)19-13(3)18(27-17-8-9-25-29(17)19)26-16-7-6-14(21)12-15(16)20(22,23)24/h6-9,12H,4-5,10-11H2,1-3H3,(H,26,27). The van der Waals surface area contributed by atoms with Gasteiger partial charge in [-0.15, -0.1) is 0 Å². The van der Waals surface area contributed by atoms with Gasteiger partial charge in [-0.2, -0.15) is 22.8 Å². The summed E-state index contributed by atoms with van der Waals surface area (Å²) in [4.78, 5) is 6.69. The Labute approximate surface area is 172 Å². The molecule has 9 heteroatoms. The summed E-state index contributed by atoms with van der Waals surface area (Å²) in [6, 6.07) is 5.39. The van der Waals surface area contributed by atoms with E-state index in [0.717, 1.165) is 43.4 Å². The number of fused-ring (bicyclic) bond motifs is 1. The monoisotopic (exact) mass is 425 g/mol. The van der Waals surface area contributed by atoms with Gasteiger partial charge in [0.1, 0.15) is 11.6 Å². The van der Waals surface area contributed by atoms with Crippen molar-refractivity contribution in [2.45, 2.75) is 39.8 Å². The SMILES string of the molecule is CCCN(CCC)c1c(C)c(Nc2ccc(Cl)cc2C(F)(F)F)nc2ccnn12. The molecule has 0 aliphatic carbocycles. The maximum Gasteiger partial charge on any atom is 0.418 e. The van der Waals surface area contributed by atoms with Crippen LogP contribution in [0.1, 0.15) is 37.8 Å². The number of rotatable bonds is 7. The third kappa shape index (κ3) is 4.42. The van der Waals surface area contributed by atoms with Crippen molar-refractivity contribution in [3.63, 3.8) is 0 Å². The minimum Gasteiger partial charge on any atom is -0.356 e. The summed E-state index contributed by atoms with van der Waals surface area (Å²) in [5.41, 5.74) is 0.365. The highest BCUT2D eigenvalue weighted by atomic mass is 35.5. The van der Waals surface area contributed by atoms with E-state index >= 15 is 0 Å². The summed E-state index contributed by atoms with van der Waals surface area (Å²) in [6.45, 7) is 7.63. The average molecular weight is 426 g/mol. The summed E-state index contributed by atoms with van der Waals surface area (Å²) in [7, 11) is 0.